The fourth-order valence-electron chi connectivity index (χ4n) is 2.62. The van der Waals surface area contributed by atoms with Crippen LogP contribution in [0.25, 0.3) is 6.08 Å². The topological polar surface area (TPSA) is 125 Å². The molecular weight excluding hydrogens is 400 g/mol. The number of aromatic nitrogens is 2. The molecule has 3 heterocycles. The Morgan fingerprint density at radius 2 is 2.15 bits per heavy atom. The van der Waals surface area contributed by atoms with Crippen LogP contribution in [0.15, 0.2) is 38.9 Å². The van der Waals surface area contributed by atoms with Gasteiger partial charge in [-0.2, -0.15) is 0 Å². The van der Waals surface area contributed by atoms with Gasteiger partial charge >= 0.3 is 0 Å². The number of sulfonamides is 2. The van der Waals surface area contributed by atoms with Gasteiger partial charge < -0.3 is 9.30 Å². The van der Waals surface area contributed by atoms with Gasteiger partial charge in [0, 0.05) is 43.9 Å². The van der Waals surface area contributed by atoms with E-state index in [0.29, 0.717) is 35.6 Å². The molecule has 0 radical (unpaired) electrons. The van der Waals surface area contributed by atoms with Crippen molar-refractivity contribution in [3.05, 3.63) is 36.0 Å². The van der Waals surface area contributed by atoms with Gasteiger partial charge in [-0.25, -0.2) is 27.0 Å². The molecule has 2 aromatic heterocycles. The van der Waals surface area contributed by atoms with Crippen molar-refractivity contribution in [3.8, 4) is 0 Å². The van der Waals surface area contributed by atoms with E-state index in [9.17, 15) is 16.8 Å². The van der Waals surface area contributed by atoms with Gasteiger partial charge in [-0.1, -0.05) is 0 Å². The zero-order chi connectivity index (χ0) is 18.9. The third-order valence-corrected chi connectivity index (χ3v) is 8.71. The van der Waals surface area contributed by atoms with Crippen LogP contribution in [0.1, 0.15) is 12.0 Å². The van der Waals surface area contributed by atoms with E-state index in [0.717, 1.165) is 0 Å². The van der Waals surface area contributed by atoms with Crippen LogP contribution in [-0.4, -0.2) is 51.0 Å². The van der Waals surface area contributed by atoms with E-state index in [1.807, 2.05) is 0 Å². The lowest BCUT2D eigenvalue weighted by atomic mass is 10.2. The number of primary sulfonamides is 1. The van der Waals surface area contributed by atoms with Gasteiger partial charge in [0.1, 0.15) is 8.42 Å². The minimum atomic E-state index is -3.98. The second-order valence-corrected chi connectivity index (χ2v) is 10.5. The molecule has 2 aromatic rings. The van der Waals surface area contributed by atoms with E-state index in [-0.39, 0.29) is 21.5 Å². The highest BCUT2D eigenvalue weighted by Crippen LogP contribution is 2.39. The van der Waals surface area contributed by atoms with Crippen molar-refractivity contribution in [3.63, 3.8) is 0 Å². The van der Waals surface area contributed by atoms with E-state index >= 15 is 0 Å². The zero-order valence-electron chi connectivity index (χ0n) is 13.9. The van der Waals surface area contributed by atoms with Crippen molar-refractivity contribution in [2.45, 2.75) is 21.4 Å². The first kappa shape index (κ1) is 19.0. The lowest BCUT2D eigenvalue weighted by molar-refractivity contribution is 0.189. The quantitative estimate of drug-likeness (QED) is 0.659. The maximum atomic E-state index is 13.1. The van der Waals surface area contributed by atoms with E-state index < -0.39 is 20.0 Å². The van der Waals surface area contributed by atoms with Gasteiger partial charge in [0.2, 0.25) is 10.0 Å². The average Bonchev–Trinajstić information content (AvgIpc) is 3.19. The predicted octanol–water partition coefficient (Wildman–Crippen LogP) is 0.674. The second-order valence-electron chi connectivity index (χ2n) is 5.65. The number of thiophene rings is 1. The number of ether oxygens (including phenoxy) is 1. The number of allylic oxidation sites excluding steroid dienone is 1. The summed E-state index contributed by atoms with van der Waals surface area (Å²) in [6.45, 7) is 0.912. The largest absolute Gasteiger partial charge is 0.385 e. The fraction of sp³-hybridized carbons (Fsp3) is 0.357. The molecule has 0 aromatic carbocycles. The Bertz CT molecular complexity index is 1020. The van der Waals surface area contributed by atoms with Crippen LogP contribution in [-0.2, 0) is 31.3 Å². The van der Waals surface area contributed by atoms with Crippen LogP contribution in [0, 0.1) is 0 Å². The van der Waals surface area contributed by atoms with Gasteiger partial charge in [-0.3, -0.25) is 4.31 Å². The maximum absolute atomic E-state index is 13.1. The van der Waals surface area contributed by atoms with Crippen molar-refractivity contribution in [2.24, 2.45) is 5.14 Å². The first-order chi connectivity index (χ1) is 12.2. The second kappa shape index (κ2) is 7.12. The third-order valence-electron chi connectivity index (χ3n) is 3.76. The van der Waals surface area contributed by atoms with Crippen molar-refractivity contribution < 1.29 is 21.6 Å². The first-order valence-electron chi connectivity index (χ1n) is 7.58. The summed E-state index contributed by atoms with van der Waals surface area (Å²) in [6.07, 6.45) is 7.08. The molecule has 3 rings (SSSR count). The monoisotopic (exact) mass is 418 g/mol. The Balaban J connectivity index is 2.06. The summed E-state index contributed by atoms with van der Waals surface area (Å²) in [5, 5.41) is 5.16. The van der Waals surface area contributed by atoms with Gasteiger partial charge in [-0.15, -0.1) is 11.3 Å². The van der Waals surface area contributed by atoms with Gasteiger partial charge in [0.25, 0.3) is 10.0 Å². The Morgan fingerprint density at radius 1 is 1.38 bits per heavy atom. The number of methoxy groups -OCH3 is 1. The molecule has 0 fully saturated rings. The number of nitrogens with two attached hydrogens (primary N) is 1. The highest BCUT2D eigenvalue weighted by atomic mass is 32.3. The van der Waals surface area contributed by atoms with E-state index in [1.165, 1.54) is 10.4 Å². The molecule has 2 N–H and O–H groups in total. The molecule has 0 spiro atoms. The molecule has 1 aliphatic rings. The molecule has 9 nitrogen and oxygen atoms in total. The van der Waals surface area contributed by atoms with Crippen molar-refractivity contribution in [2.75, 3.05) is 20.3 Å². The lowest BCUT2D eigenvalue weighted by Crippen LogP contribution is -2.35. The molecule has 0 atom stereocenters. The van der Waals surface area contributed by atoms with Crippen molar-refractivity contribution >= 4 is 37.5 Å². The SMILES string of the molecule is COCCCN1C(Cn2ccnc2)=Cc2cc(S(N)(=O)=O)sc2S1(=O)=O. The third kappa shape index (κ3) is 3.69. The minimum absolute atomic E-state index is 0.0201. The van der Waals surface area contributed by atoms with Crippen LogP contribution in [0.3, 0.4) is 0 Å². The molecule has 0 amide bonds. The molecule has 12 heteroatoms. The summed E-state index contributed by atoms with van der Waals surface area (Å²) in [4.78, 5) is 3.96. The Hall–Kier alpha value is -1.73. The highest BCUT2D eigenvalue weighted by molar-refractivity contribution is 7.94. The maximum Gasteiger partial charge on any atom is 0.274 e. The van der Waals surface area contributed by atoms with Gasteiger partial charge in [0.15, 0.2) is 0 Å². The van der Waals surface area contributed by atoms with Crippen LogP contribution in [0.5, 0.6) is 0 Å². The number of hydrogen-bond acceptors (Lipinski definition) is 7. The van der Waals surface area contributed by atoms with Gasteiger partial charge in [0.05, 0.1) is 12.9 Å². The summed E-state index contributed by atoms with van der Waals surface area (Å²) < 4.78 is 57.2. The van der Waals surface area contributed by atoms with Crippen LogP contribution in [0.2, 0.25) is 0 Å². The first-order valence-corrected chi connectivity index (χ1v) is 11.4. The lowest BCUT2D eigenvalue weighted by Gasteiger charge is -2.30. The molecule has 142 valence electrons. The summed E-state index contributed by atoms with van der Waals surface area (Å²) in [6, 6.07) is 1.30. The number of imidazole rings is 1. The summed E-state index contributed by atoms with van der Waals surface area (Å²) in [5.74, 6) is 0. The Labute approximate surface area is 155 Å². The Morgan fingerprint density at radius 3 is 2.77 bits per heavy atom. The number of hydrogen-bond donors (Lipinski definition) is 1. The van der Waals surface area contributed by atoms with Crippen molar-refractivity contribution in [1.29, 1.82) is 0 Å². The minimum Gasteiger partial charge on any atom is -0.385 e. The molecule has 0 bridgehead atoms. The molecule has 26 heavy (non-hydrogen) atoms. The molecule has 0 aliphatic carbocycles. The summed E-state index contributed by atoms with van der Waals surface area (Å²) in [7, 11) is -6.32. The molecule has 0 saturated carbocycles. The van der Waals surface area contributed by atoms with Gasteiger partial charge in [-0.05, 0) is 18.6 Å². The molecule has 0 saturated heterocycles. The fourth-order valence-corrected chi connectivity index (χ4v) is 6.76. The summed E-state index contributed by atoms with van der Waals surface area (Å²) in [5.41, 5.74) is 0.850. The normalized spacial score (nSPS) is 16.4. The van der Waals surface area contributed by atoms with Crippen LogP contribution >= 0.6 is 11.3 Å². The number of nitrogens with zero attached hydrogens (tertiary/aromatic N) is 3. The molecule has 1 aliphatic heterocycles. The molecule has 0 unspecified atom stereocenters. The standard InChI is InChI=1S/C14H18N4O5S3/c1-23-6-2-4-18-12(9-17-5-3-16-10-17)7-11-8-13(25(15,19)20)24-14(11)26(18,21)22/h3,5,7-8,10H,2,4,6,9H2,1H3,(H2,15,19,20). The van der Waals surface area contributed by atoms with E-state index in [4.69, 9.17) is 9.88 Å². The zero-order valence-corrected chi connectivity index (χ0v) is 16.3. The van der Waals surface area contributed by atoms with E-state index in [1.54, 1.807) is 36.5 Å². The highest BCUT2D eigenvalue weighted by Gasteiger charge is 2.35. The Kier molecular flexibility index (Phi) is 5.21. The van der Waals surface area contributed by atoms with E-state index in [2.05, 4.69) is 4.98 Å². The number of fused-ring (bicyclic) bond motifs is 1. The number of rotatable bonds is 7. The summed E-state index contributed by atoms with van der Waals surface area (Å²) >= 11 is 0.665. The predicted molar refractivity (Wildman–Crippen MR) is 96.3 cm³/mol. The van der Waals surface area contributed by atoms with Crippen LogP contribution in [0.4, 0.5) is 0 Å². The smallest absolute Gasteiger partial charge is 0.274 e. The average molecular weight is 419 g/mol. The van der Waals surface area contributed by atoms with Crippen LogP contribution < -0.4 is 5.14 Å². The molecular formula is C14H18N4O5S3. The van der Waals surface area contributed by atoms with Crippen molar-refractivity contribution in [1.82, 2.24) is 13.9 Å².